The monoisotopic (exact) mass is 154 g/mol. The van der Waals surface area contributed by atoms with Gasteiger partial charge in [0.25, 0.3) is 0 Å². The molecule has 64 valence electrons. The summed E-state index contributed by atoms with van der Waals surface area (Å²) in [7, 11) is 1.73. The van der Waals surface area contributed by atoms with Gasteiger partial charge in [-0.1, -0.05) is 30.7 Å². The molecule has 0 atom stereocenters. The Kier molecular flexibility index (Phi) is 7.16. The number of ether oxygens (including phenoxy) is 1. The van der Waals surface area contributed by atoms with Crippen LogP contribution in [0.1, 0.15) is 26.7 Å². The van der Waals surface area contributed by atoms with E-state index in [2.05, 4.69) is 32.1 Å². The van der Waals surface area contributed by atoms with Crippen LogP contribution in [-0.2, 0) is 4.74 Å². The third kappa shape index (κ3) is 7.34. The number of methoxy groups -OCH3 is 1. The Labute approximate surface area is 69.8 Å². The van der Waals surface area contributed by atoms with Gasteiger partial charge in [0.1, 0.15) is 0 Å². The van der Waals surface area contributed by atoms with E-state index in [-0.39, 0.29) is 0 Å². The molecule has 0 saturated heterocycles. The van der Waals surface area contributed by atoms with Crippen LogP contribution in [-0.4, -0.2) is 13.7 Å². The summed E-state index contributed by atoms with van der Waals surface area (Å²) in [4.78, 5) is 0. The smallest absolute Gasteiger partial charge is 0.0499 e. The first-order valence-electron chi connectivity index (χ1n) is 4.12. The molecule has 0 spiro atoms. The highest BCUT2D eigenvalue weighted by molar-refractivity contribution is 5.10. The van der Waals surface area contributed by atoms with Gasteiger partial charge in [-0.25, -0.2) is 0 Å². The van der Waals surface area contributed by atoms with Gasteiger partial charge in [-0.3, -0.25) is 0 Å². The second-order valence-corrected chi connectivity index (χ2v) is 2.59. The lowest BCUT2D eigenvalue weighted by Gasteiger charge is -1.96. The second kappa shape index (κ2) is 7.55. The quantitative estimate of drug-likeness (QED) is 0.553. The van der Waals surface area contributed by atoms with Crippen molar-refractivity contribution in [2.45, 2.75) is 26.7 Å². The van der Waals surface area contributed by atoms with Gasteiger partial charge in [-0.05, 0) is 19.8 Å². The van der Waals surface area contributed by atoms with E-state index in [1.165, 1.54) is 5.57 Å². The van der Waals surface area contributed by atoms with E-state index < -0.39 is 0 Å². The Balaban J connectivity index is 3.53. The molecular formula is C10H18O. The van der Waals surface area contributed by atoms with Crippen LogP contribution in [0.4, 0.5) is 0 Å². The fourth-order valence-electron chi connectivity index (χ4n) is 0.715. The van der Waals surface area contributed by atoms with Crippen LogP contribution in [0.5, 0.6) is 0 Å². The highest BCUT2D eigenvalue weighted by atomic mass is 16.5. The Hall–Kier alpha value is -0.560. The summed E-state index contributed by atoms with van der Waals surface area (Å²) in [6.45, 7) is 5.08. The maximum absolute atomic E-state index is 4.95. The second-order valence-electron chi connectivity index (χ2n) is 2.59. The molecule has 0 aromatic rings. The molecule has 11 heavy (non-hydrogen) atoms. The summed E-state index contributed by atoms with van der Waals surface area (Å²) in [5.41, 5.74) is 1.37. The lowest BCUT2D eigenvalue weighted by Crippen LogP contribution is -1.88. The molecular weight excluding hydrogens is 136 g/mol. The lowest BCUT2D eigenvalue weighted by molar-refractivity contribution is 0.202. The molecule has 0 saturated carbocycles. The average molecular weight is 154 g/mol. The Bertz CT molecular complexity index is 134. The third-order valence-electron chi connectivity index (χ3n) is 1.45. The van der Waals surface area contributed by atoms with E-state index >= 15 is 0 Å². The summed E-state index contributed by atoms with van der Waals surface area (Å²) in [5.74, 6) is 0. The molecule has 0 amide bonds. The normalized spacial score (nSPS) is 12.8. The van der Waals surface area contributed by atoms with Gasteiger partial charge in [0.2, 0.25) is 0 Å². The van der Waals surface area contributed by atoms with Crippen molar-refractivity contribution < 1.29 is 4.74 Å². The predicted octanol–water partition coefficient (Wildman–Crippen LogP) is 2.94. The zero-order valence-electron chi connectivity index (χ0n) is 7.76. The van der Waals surface area contributed by atoms with Gasteiger partial charge in [-0.15, -0.1) is 0 Å². The van der Waals surface area contributed by atoms with Crippen molar-refractivity contribution in [1.29, 1.82) is 0 Å². The average Bonchev–Trinajstić information content (AvgIpc) is 2.01. The molecule has 0 unspecified atom stereocenters. The van der Waals surface area contributed by atoms with Crippen LogP contribution in [0.25, 0.3) is 0 Å². The van der Waals surface area contributed by atoms with Crippen LogP contribution in [0.2, 0.25) is 0 Å². The Morgan fingerprint density at radius 3 is 2.73 bits per heavy atom. The topological polar surface area (TPSA) is 9.23 Å². The van der Waals surface area contributed by atoms with Gasteiger partial charge >= 0.3 is 0 Å². The van der Waals surface area contributed by atoms with Gasteiger partial charge in [-0.2, -0.15) is 0 Å². The number of rotatable bonds is 5. The summed E-state index contributed by atoms with van der Waals surface area (Å²) in [6.07, 6.45) is 8.53. The van der Waals surface area contributed by atoms with E-state index in [4.69, 9.17) is 4.74 Å². The van der Waals surface area contributed by atoms with Gasteiger partial charge in [0, 0.05) is 13.7 Å². The van der Waals surface area contributed by atoms with Crippen molar-refractivity contribution in [3.63, 3.8) is 0 Å². The Morgan fingerprint density at radius 1 is 1.45 bits per heavy atom. The fourth-order valence-corrected chi connectivity index (χ4v) is 0.715. The number of hydrogen-bond donors (Lipinski definition) is 0. The van der Waals surface area contributed by atoms with Crippen LogP contribution in [0.15, 0.2) is 23.8 Å². The minimum absolute atomic E-state index is 0.822. The first kappa shape index (κ1) is 10.4. The number of allylic oxidation sites excluding steroid dienone is 3. The third-order valence-corrected chi connectivity index (χ3v) is 1.45. The Morgan fingerprint density at radius 2 is 2.18 bits per heavy atom. The summed E-state index contributed by atoms with van der Waals surface area (Å²) in [5, 5.41) is 0. The molecule has 0 aliphatic heterocycles. The van der Waals surface area contributed by atoms with Crippen molar-refractivity contribution >= 4 is 0 Å². The van der Waals surface area contributed by atoms with Gasteiger partial charge < -0.3 is 4.74 Å². The zero-order chi connectivity index (χ0) is 8.53. The lowest BCUT2D eigenvalue weighted by atomic mass is 10.2. The summed E-state index contributed by atoms with van der Waals surface area (Å²) < 4.78 is 4.95. The van der Waals surface area contributed by atoms with Crippen molar-refractivity contribution in [1.82, 2.24) is 0 Å². The molecule has 0 aliphatic carbocycles. The van der Waals surface area contributed by atoms with Crippen LogP contribution in [0.3, 0.4) is 0 Å². The first-order chi connectivity index (χ1) is 5.31. The van der Waals surface area contributed by atoms with E-state index in [9.17, 15) is 0 Å². The van der Waals surface area contributed by atoms with Gasteiger partial charge in [0.05, 0.1) is 0 Å². The molecule has 1 nitrogen and oxygen atoms in total. The minimum atomic E-state index is 0.822. The molecule has 0 bridgehead atoms. The van der Waals surface area contributed by atoms with Crippen LogP contribution >= 0.6 is 0 Å². The molecule has 0 rings (SSSR count). The van der Waals surface area contributed by atoms with E-state index in [1.54, 1.807) is 7.11 Å². The largest absolute Gasteiger partial charge is 0.384 e. The molecule has 0 fully saturated rings. The standard InChI is InChI=1S/C10H18O/c1-4-5-6-7-10(2)8-9-11-3/h5-7H,4,8-9H2,1-3H3/b6-5-,10-7+. The summed E-state index contributed by atoms with van der Waals surface area (Å²) >= 11 is 0. The van der Waals surface area contributed by atoms with E-state index in [0.717, 1.165) is 19.4 Å². The van der Waals surface area contributed by atoms with Gasteiger partial charge in [0.15, 0.2) is 0 Å². The van der Waals surface area contributed by atoms with E-state index in [0.29, 0.717) is 0 Å². The fraction of sp³-hybridized carbons (Fsp3) is 0.600. The number of hydrogen-bond acceptors (Lipinski definition) is 1. The SMILES string of the molecule is CC/C=C\C=C(/C)CCOC. The summed E-state index contributed by atoms with van der Waals surface area (Å²) in [6, 6.07) is 0. The molecule has 0 N–H and O–H groups in total. The van der Waals surface area contributed by atoms with Crippen molar-refractivity contribution in [3.8, 4) is 0 Å². The maximum atomic E-state index is 4.95. The molecule has 0 radical (unpaired) electrons. The first-order valence-corrected chi connectivity index (χ1v) is 4.12. The highest BCUT2D eigenvalue weighted by Gasteiger charge is 1.85. The molecule has 0 aromatic heterocycles. The molecule has 0 aromatic carbocycles. The zero-order valence-corrected chi connectivity index (χ0v) is 7.76. The van der Waals surface area contributed by atoms with Crippen molar-refractivity contribution in [2.75, 3.05) is 13.7 Å². The molecule has 0 heterocycles. The van der Waals surface area contributed by atoms with Crippen molar-refractivity contribution in [3.05, 3.63) is 23.8 Å². The van der Waals surface area contributed by atoms with Crippen molar-refractivity contribution in [2.24, 2.45) is 0 Å². The minimum Gasteiger partial charge on any atom is -0.384 e. The molecule has 1 heteroatoms. The molecule has 0 aliphatic rings. The van der Waals surface area contributed by atoms with E-state index in [1.807, 2.05) is 0 Å². The van der Waals surface area contributed by atoms with Crippen LogP contribution < -0.4 is 0 Å². The maximum Gasteiger partial charge on any atom is 0.0499 e. The predicted molar refractivity (Wildman–Crippen MR) is 49.7 cm³/mol. The van der Waals surface area contributed by atoms with Crippen LogP contribution in [0, 0.1) is 0 Å². The highest BCUT2D eigenvalue weighted by Crippen LogP contribution is 1.99.